The number of fused-ring (bicyclic) bond motifs is 1. The quantitative estimate of drug-likeness (QED) is 0.509. The molecule has 0 bridgehead atoms. The molecule has 1 saturated heterocycles. The minimum absolute atomic E-state index is 0.0399. The first-order valence-electron chi connectivity index (χ1n) is 9.74. The van der Waals surface area contributed by atoms with Gasteiger partial charge in [-0.15, -0.1) is 0 Å². The van der Waals surface area contributed by atoms with Crippen LogP contribution in [0.5, 0.6) is 0 Å². The summed E-state index contributed by atoms with van der Waals surface area (Å²) in [6.07, 6.45) is 0.398. The van der Waals surface area contributed by atoms with Crippen molar-refractivity contribution in [2.75, 3.05) is 11.4 Å². The highest BCUT2D eigenvalue weighted by Crippen LogP contribution is 2.33. The molecule has 3 aromatic carbocycles. The molecule has 1 aliphatic heterocycles. The van der Waals surface area contributed by atoms with Gasteiger partial charge in [-0.1, -0.05) is 48.5 Å². The maximum absolute atomic E-state index is 14.3. The van der Waals surface area contributed by atoms with Crippen LogP contribution in [0, 0.1) is 5.82 Å². The van der Waals surface area contributed by atoms with Gasteiger partial charge in [0.15, 0.2) is 0 Å². The average Bonchev–Trinajstić information content (AvgIpc) is 3.31. The van der Waals surface area contributed by atoms with Gasteiger partial charge in [0.2, 0.25) is 5.91 Å². The Morgan fingerprint density at radius 2 is 1.66 bits per heavy atom. The highest BCUT2D eigenvalue weighted by Gasteiger charge is 2.34. The van der Waals surface area contributed by atoms with Crippen LogP contribution in [-0.2, 0) is 11.3 Å². The molecule has 1 aliphatic rings. The third-order valence-corrected chi connectivity index (χ3v) is 5.53. The number of halogens is 1. The van der Waals surface area contributed by atoms with Crippen molar-refractivity contribution >= 4 is 22.6 Å². The number of carbonyl (C=O) groups excluding carboxylic acids is 1. The van der Waals surface area contributed by atoms with E-state index in [1.807, 2.05) is 65.6 Å². The van der Waals surface area contributed by atoms with Gasteiger partial charge in [-0.2, -0.15) is 0 Å². The number of hydrogen-bond acceptors (Lipinski definition) is 2. The van der Waals surface area contributed by atoms with Gasteiger partial charge < -0.3 is 9.47 Å². The van der Waals surface area contributed by atoms with Crippen molar-refractivity contribution in [2.24, 2.45) is 0 Å². The minimum atomic E-state index is -0.232. The number of amides is 1. The zero-order valence-corrected chi connectivity index (χ0v) is 15.8. The molecule has 4 nitrogen and oxygen atoms in total. The number of aromatic nitrogens is 2. The van der Waals surface area contributed by atoms with E-state index in [0.29, 0.717) is 25.1 Å². The molecule has 0 aliphatic carbocycles. The van der Waals surface area contributed by atoms with Gasteiger partial charge in [-0.05, 0) is 30.3 Å². The van der Waals surface area contributed by atoms with Gasteiger partial charge in [-0.25, -0.2) is 9.37 Å². The van der Waals surface area contributed by atoms with Crippen molar-refractivity contribution in [3.8, 4) is 0 Å². The van der Waals surface area contributed by atoms with Crippen molar-refractivity contribution < 1.29 is 9.18 Å². The number of imidazole rings is 1. The molecule has 1 aromatic heterocycles. The molecular weight excluding hydrogens is 365 g/mol. The largest absolute Gasteiger partial charge is 0.323 e. The lowest BCUT2D eigenvalue weighted by molar-refractivity contribution is -0.117. The van der Waals surface area contributed by atoms with Crippen LogP contribution < -0.4 is 4.90 Å². The number of hydrogen-bond donors (Lipinski definition) is 0. The van der Waals surface area contributed by atoms with Gasteiger partial charge in [0.1, 0.15) is 11.6 Å². The molecule has 1 amide bonds. The molecule has 1 atom stereocenters. The summed E-state index contributed by atoms with van der Waals surface area (Å²) >= 11 is 0. The van der Waals surface area contributed by atoms with Crippen molar-refractivity contribution in [1.29, 1.82) is 0 Å². The molecule has 29 heavy (non-hydrogen) atoms. The highest BCUT2D eigenvalue weighted by molar-refractivity contribution is 5.96. The highest BCUT2D eigenvalue weighted by atomic mass is 19.1. The Bertz CT molecular complexity index is 1190. The van der Waals surface area contributed by atoms with Crippen LogP contribution in [0.25, 0.3) is 11.0 Å². The fraction of sp³-hybridized carbons (Fsp3) is 0.167. The second-order valence-electron chi connectivity index (χ2n) is 7.38. The standard InChI is InChI=1S/C24H20FN3O/c25-20-11-5-4-8-17(20)15-28-22-13-7-6-12-21(22)26-24(28)18-14-23(29)27(16-18)19-9-2-1-3-10-19/h1-13,18H,14-16H2/t18-/m0/s1. The minimum Gasteiger partial charge on any atom is -0.323 e. The zero-order chi connectivity index (χ0) is 19.8. The van der Waals surface area contributed by atoms with E-state index in [2.05, 4.69) is 4.57 Å². The maximum atomic E-state index is 14.3. The predicted molar refractivity (Wildman–Crippen MR) is 111 cm³/mol. The van der Waals surface area contributed by atoms with E-state index in [1.54, 1.807) is 12.1 Å². The van der Waals surface area contributed by atoms with Gasteiger partial charge in [0, 0.05) is 30.1 Å². The lowest BCUT2D eigenvalue weighted by atomic mass is 10.1. The Kier molecular flexibility index (Phi) is 4.35. The van der Waals surface area contributed by atoms with Gasteiger partial charge in [-0.3, -0.25) is 4.79 Å². The van der Waals surface area contributed by atoms with E-state index in [-0.39, 0.29) is 17.6 Å². The molecule has 2 heterocycles. The summed E-state index contributed by atoms with van der Waals surface area (Å²) in [4.78, 5) is 19.4. The summed E-state index contributed by atoms with van der Waals surface area (Å²) in [6, 6.07) is 24.4. The first kappa shape index (κ1) is 17.6. The topological polar surface area (TPSA) is 38.1 Å². The Balaban J connectivity index is 1.55. The molecule has 0 N–H and O–H groups in total. The van der Waals surface area contributed by atoms with E-state index in [1.165, 1.54) is 6.07 Å². The summed E-state index contributed by atoms with van der Waals surface area (Å²) in [5, 5.41) is 0. The van der Waals surface area contributed by atoms with Crippen LogP contribution in [0.3, 0.4) is 0 Å². The van der Waals surface area contributed by atoms with Crippen LogP contribution in [0.2, 0.25) is 0 Å². The Morgan fingerprint density at radius 1 is 0.931 bits per heavy atom. The molecule has 0 radical (unpaired) electrons. The van der Waals surface area contributed by atoms with Crippen molar-refractivity contribution in [3.63, 3.8) is 0 Å². The lowest BCUT2D eigenvalue weighted by Gasteiger charge is -2.17. The SMILES string of the molecule is O=C1C[C@H](c2nc3ccccc3n2Cc2ccccc2F)CN1c1ccccc1. The van der Waals surface area contributed by atoms with E-state index in [4.69, 9.17) is 4.98 Å². The Morgan fingerprint density at radius 3 is 2.48 bits per heavy atom. The first-order chi connectivity index (χ1) is 14.2. The normalized spacial score (nSPS) is 16.7. The third-order valence-electron chi connectivity index (χ3n) is 5.53. The molecule has 0 unspecified atom stereocenters. The molecule has 0 saturated carbocycles. The number of anilines is 1. The lowest BCUT2D eigenvalue weighted by Crippen LogP contribution is -2.24. The number of para-hydroxylation sites is 3. The van der Waals surface area contributed by atoms with E-state index < -0.39 is 0 Å². The summed E-state index contributed by atoms with van der Waals surface area (Å²) in [6.45, 7) is 0.960. The molecule has 4 aromatic rings. The molecule has 1 fully saturated rings. The summed E-state index contributed by atoms with van der Waals surface area (Å²) in [5.41, 5.74) is 3.33. The number of nitrogens with zero attached hydrogens (tertiary/aromatic N) is 3. The van der Waals surface area contributed by atoms with Crippen LogP contribution in [-0.4, -0.2) is 22.0 Å². The zero-order valence-electron chi connectivity index (χ0n) is 15.8. The summed E-state index contributed by atoms with van der Waals surface area (Å²) < 4.78 is 16.4. The average molecular weight is 385 g/mol. The summed E-state index contributed by atoms with van der Waals surface area (Å²) in [7, 11) is 0. The Labute approximate surface area is 168 Å². The van der Waals surface area contributed by atoms with Crippen molar-refractivity contribution in [1.82, 2.24) is 9.55 Å². The molecule has 0 spiro atoms. The monoisotopic (exact) mass is 385 g/mol. The Hall–Kier alpha value is -3.47. The van der Waals surface area contributed by atoms with Gasteiger partial charge in [0.25, 0.3) is 0 Å². The van der Waals surface area contributed by atoms with Gasteiger partial charge >= 0.3 is 0 Å². The second kappa shape index (κ2) is 7.17. The first-order valence-corrected chi connectivity index (χ1v) is 9.74. The molecule has 144 valence electrons. The number of benzene rings is 3. The fourth-order valence-corrected chi connectivity index (χ4v) is 4.11. The summed E-state index contributed by atoms with van der Waals surface area (Å²) in [5.74, 6) is 0.651. The van der Waals surface area contributed by atoms with E-state index in [9.17, 15) is 9.18 Å². The van der Waals surface area contributed by atoms with Crippen LogP contribution >= 0.6 is 0 Å². The smallest absolute Gasteiger partial charge is 0.227 e. The molecule has 5 rings (SSSR count). The van der Waals surface area contributed by atoms with Crippen molar-refractivity contribution in [3.05, 3.63) is 96.1 Å². The van der Waals surface area contributed by atoms with Crippen LogP contribution in [0.15, 0.2) is 78.9 Å². The van der Waals surface area contributed by atoms with Crippen molar-refractivity contribution in [2.45, 2.75) is 18.9 Å². The predicted octanol–water partition coefficient (Wildman–Crippen LogP) is 4.74. The van der Waals surface area contributed by atoms with Crippen LogP contribution in [0.4, 0.5) is 10.1 Å². The number of carbonyl (C=O) groups is 1. The van der Waals surface area contributed by atoms with E-state index in [0.717, 1.165) is 22.5 Å². The fourth-order valence-electron chi connectivity index (χ4n) is 4.11. The van der Waals surface area contributed by atoms with Gasteiger partial charge in [0.05, 0.1) is 17.6 Å². The van der Waals surface area contributed by atoms with E-state index >= 15 is 0 Å². The second-order valence-corrected chi connectivity index (χ2v) is 7.38. The molecular formula is C24H20FN3O. The molecule has 5 heteroatoms. The third kappa shape index (κ3) is 3.18. The maximum Gasteiger partial charge on any atom is 0.227 e. The number of rotatable bonds is 4. The van der Waals surface area contributed by atoms with Crippen LogP contribution in [0.1, 0.15) is 23.7 Å².